The monoisotopic (exact) mass is 301 g/mol. The molecule has 22 heavy (non-hydrogen) atoms. The van der Waals surface area contributed by atoms with Crippen molar-refractivity contribution in [1.29, 1.82) is 0 Å². The van der Waals surface area contributed by atoms with Crippen molar-refractivity contribution < 1.29 is 14.6 Å². The first-order valence-corrected chi connectivity index (χ1v) is 8.11. The Labute approximate surface area is 131 Å². The van der Waals surface area contributed by atoms with Crippen molar-refractivity contribution >= 4 is 11.7 Å². The van der Waals surface area contributed by atoms with E-state index in [1.807, 2.05) is 31.2 Å². The molecular weight excluding hydrogens is 278 g/mol. The van der Waals surface area contributed by atoms with Gasteiger partial charge in [0.1, 0.15) is 11.9 Å². The molecule has 1 fully saturated rings. The molecule has 118 valence electrons. The Morgan fingerprint density at radius 2 is 2.14 bits per heavy atom. The summed E-state index contributed by atoms with van der Waals surface area (Å²) in [5.41, 5.74) is 7.91. The average molecular weight is 301 g/mol. The van der Waals surface area contributed by atoms with Gasteiger partial charge in [0, 0.05) is 11.6 Å². The molecule has 1 aliphatic carbocycles. The first kappa shape index (κ1) is 14.9. The van der Waals surface area contributed by atoms with Crippen LogP contribution in [0.4, 0.5) is 5.69 Å². The Morgan fingerprint density at radius 1 is 1.36 bits per heavy atom. The smallest absolute Gasteiger partial charge is 0.338 e. The van der Waals surface area contributed by atoms with Crippen molar-refractivity contribution in [2.24, 2.45) is 5.92 Å². The third kappa shape index (κ3) is 2.58. The second-order valence-corrected chi connectivity index (χ2v) is 6.26. The van der Waals surface area contributed by atoms with Crippen molar-refractivity contribution in [3.8, 4) is 0 Å². The van der Waals surface area contributed by atoms with Crippen LogP contribution in [0, 0.1) is 5.92 Å². The molecule has 1 aliphatic heterocycles. The molecule has 3 unspecified atom stereocenters. The van der Waals surface area contributed by atoms with Crippen molar-refractivity contribution in [1.82, 2.24) is 0 Å². The highest BCUT2D eigenvalue weighted by molar-refractivity contribution is 5.92. The fourth-order valence-corrected chi connectivity index (χ4v) is 3.76. The van der Waals surface area contributed by atoms with E-state index in [2.05, 4.69) is 0 Å². The normalized spacial score (nSPS) is 26.3. The number of hydrogen-bond donors (Lipinski definition) is 2. The molecule has 3 atom stereocenters. The minimum Gasteiger partial charge on any atom is -0.511 e. The summed E-state index contributed by atoms with van der Waals surface area (Å²) >= 11 is 0. The number of aliphatic hydroxyl groups excluding tert-OH is 1. The fourth-order valence-electron chi connectivity index (χ4n) is 3.76. The third-order valence-electron chi connectivity index (χ3n) is 4.88. The lowest BCUT2D eigenvalue weighted by Gasteiger charge is -2.37. The van der Waals surface area contributed by atoms with Gasteiger partial charge in [-0.05, 0) is 43.4 Å². The molecule has 2 aliphatic rings. The zero-order chi connectivity index (χ0) is 15.7. The van der Waals surface area contributed by atoms with Gasteiger partial charge in [0.15, 0.2) is 0 Å². The number of nitrogen functional groups attached to an aromatic ring is 1. The van der Waals surface area contributed by atoms with E-state index in [0.29, 0.717) is 11.3 Å². The summed E-state index contributed by atoms with van der Waals surface area (Å²) in [5.74, 6) is -0.319. The molecule has 0 aromatic heterocycles. The quantitative estimate of drug-likeness (QED) is 0.659. The minimum absolute atomic E-state index is 0.0310. The molecule has 1 aromatic carbocycles. The first-order chi connectivity index (χ1) is 10.6. The Balaban J connectivity index is 2.01. The number of esters is 1. The summed E-state index contributed by atoms with van der Waals surface area (Å²) in [6.07, 6.45) is 4.44. The van der Waals surface area contributed by atoms with Crippen LogP contribution in [0.1, 0.15) is 50.5 Å². The molecule has 0 saturated heterocycles. The van der Waals surface area contributed by atoms with Crippen molar-refractivity contribution in [3.63, 3.8) is 0 Å². The van der Waals surface area contributed by atoms with Crippen LogP contribution < -0.4 is 5.73 Å². The Kier molecular flexibility index (Phi) is 4.10. The largest absolute Gasteiger partial charge is 0.511 e. The van der Waals surface area contributed by atoms with E-state index < -0.39 is 0 Å². The number of hydrogen-bond acceptors (Lipinski definition) is 4. The number of carbonyl (C=O) groups is 1. The van der Waals surface area contributed by atoms with Gasteiger partial charge in [-0.2, -0.15) is 0 Å². The number of carbonyl (C=O) groups excluding carboxylic acids is 1. The summed E-state index contributed by atoms with van der Waals surface area (Å²) in [6.45, 7) is 2.01. The summed E-state index contributed by atoms with van der Waals surface area (Å²) in [6, 6.07) is 7.52. The van der Waals surface area contributed by atoms with Crippen LogP contribution >= 0.6 is 0 Å². The predicted molar refractivity (Wildman–Crippen MR) is 85.4 cm³/mol. The number of anilines is 1. The minimum atomic E-state index is -0.366. The number of ether oxygens (including phenoxy) is 1. The van der Waals surface area contributed by atoms with Crippen molar-refractivity contribution in [2.45, 2.75) is 51.0 Å². The van der Waals surface area contributed by atoms with E-state index >= 15 is 0 Å². The van der Waals surface area contributed by atoms with Crippen LogP contribution in [-0.4, -0.2) is 17.2 Å². The summed E-state index contributed by atoms with van der Waals surface area (Å²) < 4.78 is 5.62. The zero-order valence-electron chi connectivity index (χ0n) is 12.9. The lowest BCUT2D eigenvalue weighted by Crippen LogP contribution is -2.38. The van der Waals surface area contributed by atoms with Crippen LogP contribution in [0.15, 0.2) is 35.6 Å². The molecule has 1 saturated carbocycles. The molecule has 4 nitrogen and oxygen atoms in total. The zero-order valence-corrected chi connectivity index (χ0v) is 12.9. The van der Waals surface area contributed by atoms with E-state index in [1.54, 1.807) is 0 Å². The van der Waals surface area contributed by atoms with Crippen LogP contribution in [0.3, 0.4) is 0 Å². The van der Waals surface area contributed by atoms with Gasteiger partial charge in [-0.1, -0.05) is 25.5 Å². The number of rotatable bonds is 3. The van der Waals surface area contributed by atoms with Crippen LogP contribution in [-0.2, 0) is 9.53 Å². The molecule has 0 bridgehead atoms. The van der Waals surface area contributed by atoms with Gasteiger partial charge in [0.05, 0.1) is 11.5 Å². The van der Waals surface area contributed by atoms with Crippen LogP contribution in [0.25, 0.3) is 0 Å². The van der Waals surface area contributed by atoms with E-state index in [-0.39, 0.29) is 29.7 Å². The van der Waals surface area contributed by atoms with E-state index in [0.717, 1.165) is 37.7 Å². The molecule has 4 heteroatoms. The highest BCUT2D eigenvalue weighted by atomic mass is 16.5. The predicted octanol–water partition coefficient (Wildman–Crippen LogP) is 3.69. The highest BCUT2D eigenvalue weighted by Gasteiger charge is 2.41. The molecule has 0 radical (unpaired) electrons. The molecule has 0 spiro atoms. The van der Waals surface area contributed by atoms with Gasteiger partial charge in [0.2, 0.25) is 0 Å². The van der Waals surface area contributed by atoms with Gasteiger partial charge in [-0.3, -0.25) is 0 Å². The maximum absolute atomic E-state index is 12.4. The maximum Gasteiger partial charge on any atom is 0.338 e. The standard InChI is InChI=1S/C18H23NO3/c1-2-13(11-6-5-7-12(19)10-11)16-17(20)14-8-3-4-9-15(14)22-18(16)21/h5-7,10,13-15,20H,2-4,8-9,19H2,1H3. The Bertz CT molecular complexity index is 608. The van der Waals surface area contributed by atoms with E-state index in [9.17, 15) is 9.90 Å². The van der Waals surface area contributed by atoms with Gasteiger partial charge in [-0.15, -0.1) is 0 Å². The summed E-state index contributed by atoms with van der Waals surface area (Å²) in [4.78, 5) is 12.4. The molecule has 3 rings (SSSR count). The molecule has 1 heterocycles. The number of nitrogens with two attached hydrogens (primary N) is 1. The van der Waals surface area contributed by atoms with Gasteiger partial charge in [-0.25, -0.2) is 4.79 Å². The summed E-state index contributed by atoms with van der Waals surface area (Å²) in [7, 11) is 0. The molecule has 1 aromatic rings. The Hall–Kier alpha value is -1.97. The first-order valence-electron chi connectivity index (χ1n) is 8.11. The Morgan fingerprint density at radius 3 is 2.86 bits per heavy atom. The summed E-state index contributed by atoms with van der Waals surface area (Å²) in [5, 5.41) is 10.7. The number of benzene rings is 1. The van der Waals surface area contributed by atoms with Crippen LogP contribution in [0.5, 0.6) is 0 Å². The lowest BCUT2D eigenvalue weighted by atomic mass is 9.78. The van der Waals surface area contributed by atoms with E-state index in [4.69, 9.17) is 10.5 Å². The number of aliphatic hydroxyl groups is 1. The highest BCUT2D eigenvalue weighted by Crippen LogP contribution is 2.42. The van der Waals surface area contributed by atoms with E-state index in [1.165, 1.54) is 0 Å². The molecule has 0 amide bonds. The van der Waals surface area contributed by atoms with Gasteiger partial charge < -0.3 is 15.6 Å². The molecular formula is C18H23NO3. The topological polar surface area (TPSA) is 72.5 Å². The van der Waals surface area contributed by atoms with Gasteiger partial charge in [0.25, 0.3) is 0 Å². The number of fused-ring (bicyclic) bond motifs is 1. The second-order valence-electron chi connectivity index (χ2n) is 6.26. The maximum atomic E-state index is 12.4. The average Bonchev–Trinajstić information content (AvgIpc) is 2.51. The van der Waals surface area contributed by atoms with Gasteiger partial charge >= 0.3 is 5.97 Å². The van der Waals surface area contributed by atoms with Crippen LogP contribution in [0.2, 0.25) is 0 Å². The fraction of sp³-hybridized carbons (Fsp3) is 0.500. The third-order valence-corrected chi connectivity index (χ3v) is 4.88. The second kappa shape index (κ2) is 6.03. The van der Waals surface area contributed by atoms with Crippen molar-refractivity contribution in [3.05, 3.63) is 41.2 Å². The molecule has 3 N–H and O–H groups in total. The van der Waals surface area contributed by atoms with Crippen molar-refractivity contribution in [2.75, 3.05) is 5.73 Å². The lowest BCUT2D eigenvalue weighted by molar-refractivity contribution is -0.152. The SMILES string of the molecule is CCC(C1=C(O)C2CCCCC2OC1=O)c1cccc(N)c1.